The van der Waals surface area contributed by atoms with E-state index < -0.39 is 0 Å². The predicted molar refractivity (Wildman–Crippen MR) is 93.9 cm³/mol. The van der Waals surface area contributed by atoms with Crippen LogP contribution >= 0.6 is 0 Å². The fourth-order valence-electron chi connectivity index (χ4n) is 2.35. The summed E-state index contributed by atoms with van der Waals surface area (Å²) in [6, 6.07) is 12.8. The third kappa shape index (κ3) is 5.45. The van der Waals surface area contributed by atoms with Crippen LogP contribution in [0.5, 0.6) is 0 Å². The lowest BCUT2D eigenvalue weighted by Gasteiger charge is -2.23. The number of amides is 1. The smallest absolute Gasteiger partial charge is 0.289 e. The highest BCUT2D eigenvalue weighted by Crippen LogP contribution is 2.14. The Morgan fingerprint density at radius 2 is 1.88 bits per heavy atom. The zero-order valence-corrected chi connectivity index (χ0v) is 14.9. The van der Waals surface area contributed by atoms with Gasteiger partial charge in [-0.2, -0.15) is 5.26 Å². The molecule has 0 atom stereocenters. The van der Waals surface area contributed by atoms with Gasteiger partial charge in [0.25, 0.3) is 5.91 Å². The van der Waals surface area contributed by atoms with E-state index in [1.807, 2.05) is 31.1 Å². The summed E-state index contributed by atoms with van der Waals surface area (Å²) in [6.45, 7) is 2.11. The van der Waals surface area contributed by atoms with Crippen LogP contribution in [0.25, 0.3) is 0 Å². The van der Waals surface area contributed by atoms with Crippen molar-refractivity contribution < 1.29 is 13.9 Å². The summed E-state index contributed by atoms with van der Waals surface area (Å²) in [7, 11) is 5.51. The Morgan fingerprint density at radius 1 is 1.16 bits per heavy atom. The quantitative estimate of drug-likeness (QED) is 0.738. The maximum absolute atomic E-state index is 12.8. The molecule has 0 aliphatic carbocycles. The van der Waals surface area contributed by atoms with Crippen molar-refractivity contribution >= 4 is 5.91 Å². The van der Waals surface area contributed by atoms with Crippen LogP contribution in [-0.2, 0) is 17.9 Å². The summed E-state index contributed by atoms with van der Waals surface area (Å²) in [5.41, 5.74) is 1.57. The van der Waals surface area contributed by atoms with Crippen LogP contribution in [0.2, 0.25) is 0 Å². The van der Waals surface area contributed by atoms with Crippen LogP contribution in [0, 0.1) is 11.3 Å². The minimum Gasteiger partial charge on any atom is -0.453 e. The number of rotatable bonds is 8. The Balaban J connectivity index is 2.15. The summed E-state index contributed by atoms with van der Waals surface area (Å²) in [4.78, 5) is 16.6. The standard InChI is InChI=1S/C19H23N3O3/c1-21(2)10-11-22(13-16-6-4-15(12-20)5-7-16)19(23)18-9-8-17(25-18)14-24-3/h4-9H,10-11,13-14H2,1-3H3. The first-order valence-electron chi connectivity index (χ1n) is 8.04. The van der Waals surface area contributed by atoms with Gasteiger partial charge in [0.15, 0.2) is 5.76 Å². The summed E-state index contributed by atoms with van der Waals surface area (Å²) in [6.07, 6.45) is 0. The fraction of sp³-hybridized carbons (Fsp3) is 0.368. The lowest BCUT2D eigenvalue weighted by molar-refractivity contribution is 0.0692. The van der Waals surface area contributed by atoms with Gasteiger partial charge in [-0.25, -0.2) is 0 Å². The van der Waals surface area contributed by atoms with Gasteiger partial charge in [0, 0.05) is 26.7 Å². The molecule has 132 valence electrons. The van der Waals surface area contributed by atoms with E-state index >= 15 is 0 Å². The first kappa shape index (κ1) is 18.7. The van der Waals surface area contributed by atoms with E-state index in [2.05, 4.69) is 6.07 Å². The molecule has 6 heteroatoms. The fourth-order valence-corrected chi connectivity index (χ4v) is 2.35. The topological polar surface area (TPSA) is 69.7 Å². The van der Waals surface area contributed by atoms with Gasteiger partial charge in [-0.1, -0.05) is 12.1 Å². The largest absolute Gasteiger partial charge is 0.453 e. The van der Waals surface area contributed by atoms with E-state index in [0.717, 1.165) is 12.1 Å². The second kappa shape index (κ2) is 9.02. The van der Waals surface area contributed by atoms with E-state index in [1.165, 1.54) is 0 Å². The molecule has 2 aromatic rings. The number of likely N-dealkylation sites (N-methyl/N-ethyl adjacent to an activating group) is 1. The summed E-state index contributed by atoms with van der Waals surface area (Å²) in [5.74, 6) is 0.768. The average molecular weight is 341 g/mol. The summed E-state index contributed by atoms with van der Waals surface area (Å²) >= 11 is 0. The van der Waals surface area contributed by atoms with Crippen LogP contribution in [0.3, 0.4) is 0 Å². The van der Waals surface area contributed by atoms with Crippen molar-refractivity contribution in [2.45, 2.75) is 13.2 Å². The molecule has 0 fully saturated rings. The lowest BCUT2D eigenvalue weighted by Crippen LogP contribution is -2.36. The van der Waals surface area contributed by atoms with Crippen LogP contribution in [0.15, 0.2) is 40.8 Å². The number of carbonyl (C=O) groups is 1. The number of ether oxygens (including phenoxy) is 1. The van der Waals surface area contributed by atoms with Gasteiger partial charge < -0.3 is 19.0 Å². The number of nitriles is 1. The second-order valence-corrected chi connectivity index (χ2v) is 6.04. The number of carbonyl (C=O) groups excluding carboxylic acids is 1. The zero-order chi connectivity index (χ0) is 18.2. The van der Waals surface area contributed by atoms with Gasteiger partial charge >= 0.3 is 0 Å². The van der Waals surface area contributed by atoms with E-state index in [4.69, 9.17) is 14.4 Å². The monoisotopic (exact) mass is 341 g/mol. The molecule has 2 rings (SSSR count). The van der Waals surface area contributed by atoms with Gasteiger partial charge in [-0.15, -0.1) is 0 Å². The average Bonchev–Trinajstić information content (AvgIpc) is 3.07. The first-order chi connectivity index (χ1) is 12.0. The molecular weight excluding hydrogens is 318 g/mol. The lowest BCUT2D eigenvalue weighted by atomic mass is 10.1. The van der Waals surface area contributed by atoms with Gasteiger partial charge in [0.2, 0.25) is 0 Å². The van der Waals surface area contributed by atoms with Crippen LogP contribution in [0.4, 0.5) is 0 Å². The molecule has 6 nitrogen and oxygen atoms in total. The maximum atomic E-state index is 12.8. The number of benzene rings is 1. The molecule has 1 amide bonds. The Morgan fingerprint density at radius 3 is 2.48 bits per heavy atom. The highest BCUT2D eigenvalue weighted by atomic mass is 16.5. The van der Waals surface area contributed by atoms with Gasteiger partial charge in [0.1, 0.15) is 12.4 Å². The summed E-state index contributed by atoms with van der Waals surface area (Å²) in [5, 5.41) is 8.90. The molecule has 0 saturated heterocycles. The Bertz CT molecular complexity index is 729. The van der Waals surface area contributed by atoms with Crippen molar-refractivity contribution in [3.8, 4) is 6.07 Å². The molecule has 0 unspecified atom stereocenters. The number of methoxy groups -OCH3 is 1. The molecule has 25 heavy (non-hydrogen) atoms. The second-order valence-electron chi connectivity index (χ2n) is 6.04. The molecule has 0 N–H and O–H groups in total. The summed E-state index contributed by atoms with van der Waals surface area (Å²) < 4.78 is 10.6. The molecule has 0 spiro atoms. The van der Waals surface area contributed by atoms with Crippen molar-refractivity contribution in [2.75, 3.05) is 34.3 Å². The van der Waals surface area contributed by atoms with Crippen molar-refractivity contribution in [1.82, 2.24) is 9.80 Å². The molecule has 1 aromatic heterocycles. The predicted octanol–water partition coefficient (Wildman–Crippen LogP) is 2.50. The van der Waals surface area contributed by atoms with Crippen LogP contribution < -0.4 is 0 Å². The Labute approximate surface area is 148 Å². The maximum Gasteiger partial charge on any atom is 0.289 e. The molecule has 0 saturated carbocycles. The molecule has 1 heterocycles. The third-order valence-corrected chi connectivity index (χ3v) is 3.72. The highest BCUT2D eigenvalue weighted by molar-refractivity contribution is 5.91. The number of hydrogen-bond acceptors (Lipinski definition) is 5. The molecule has 1 aromatic carbocycles. The Hall–Kier alpha value is -2.62. The molecule has 0 bridgehead atoms. The van der Waals surface area contributed by atoms with Gasteiger partial charge in [-0.05, 0) is 43.9 Å². The van der Waals surface area contributed by atoms with E-state index in [-0.39, 0.29) is 5.91 Å². The van der Waals surface area contributed by atoms with Gasteiger partial charge in [-0.3, -0.25) is 4.79 Å². The first-order valence-corrected chi connectivity index (χ1v) is 8.04. The van der Waals surface area contributed by atoms with E-state index in [1.54, 1.807) is 36.3 Å². The van der Waals surface area contributed by atoms with Gasteiger partial charge in [0.05, 0.1) is 11.6 Å². The van der Waals surface area contributed by atoms with Crippen molar-refractivity contribution in [1.29, 1.82) is 5.26 Å². The van der Waals surface area contributed by atoms with Crippen molar-refractivity contribution in [2.24, 2.45) is 0 Å². The molecular formula is C19H23N3O3. The number of furan rings is 1. The molecule has 0 aliphatic rings. The van der Waals surface area contributed by atoms with Crippen molar-refractivity contribution in [3.63, 3.8) is 0 Å². The minimum atomic E-state index is -0.159. The Kier molecular flexibility index (Phi) is 6.75. The van der Waals surface area contributed by atoms with Crippen LogP contribution in [0.1, 0.15) is 27.4 Å². The number of nitrogens with zero attached hydrogens (tertiary/aromatic N) is 3. The van der Waals surface area contributed by atoms with E-state index in [0.29, 0.717) is 36.8 Å². The molecule has 0 radical (unpaired) electrons. The highest BCUT2D eigenvalue weighted by Gasteiger charge is 2.20. The van der Waals surface area contributed by atoms with Crippen LogP contribution in [-0.4, -0.2) is 50.0 Å². The number of hydrogen-bond donors (Lipinski definition) is 0. The normalized spacial score (nSPS) is 10.7. The molecule has 0 aliphatic heterocycles. The van der Waals surface area contributed by atoms with E-state index in [9.17, 15) is 4.79 Å². The minimum absolute atomic E-state index is 0.159. The zero-order valence-electron chi connectivity index (χ0n) is 14.9. The SMILES string of the molecule is COCc1ccc(C(=O)N(CCN(C)C)Cc2ccc(C#N)cc2)o1. The third-order valence-electron chi connectivity index (χ3n) is 3.72. The van der Waals surface area contributed by atoms with Crippen molar-refractivity contribution in [3.05, 3.63) is 59.0 Å².